The molecule has 0 spiro atoms. The molecule has 0 bridgehead atoms. The van der Waals surface area contributed by atoms with Gasteiger partial charge < -0.3 is 10.6 Å². The van der Waals surface area contributed by atoms with Crippen LogP contribution in [0.1, 0.15) is 25.8 Å². The highest BCUT2D eigenvalue weighted by Gasteiger charge is 2.11. The van der Waals surface area contributed by atoms with Crippen LogP contribution in [0.3, 0.4) is 0 Å². The van der Waals surface area contributed by atoms with Crippen LogP contribution in [0.4, 0.5) is 15.2 Å². The van der Waals surface area contributed by atoms with E-state index in [1.54, 1.807) is 12.1 Å². The van der Waals surface area contributed by atoms with Crippen LogP contribution in [0.15, 0.2) is 42.5 Å². The summed E-state index contributed by atoms with van der Waals surface area (Å²) >= 11 is 1.41. The van der Waals surface area contributed by atoms with Crippen molar-refractivity contribution in [3.63, 3.8) is 0 Å². The smallest absolute Gasteiger partial charge is 0.228 e. The lowest BCUT2D eigenvalue weighted by Crippen LogP contribution is -2.17. The number of nitrogens with one attached hydrogen (secondary N) is 2. The fourth-order valence-corrected chi connectivity index (χ4v) is 3.41. The molecule has 0 unspecified atom stereocenters. The standard InChI is InChI=1S/C20H20FN3O2S/c1-12(2)19(26)24-20-23-16-8-6-13(10-17(16)27-20)7-9-18(25)22-15-5-3-4-14(21)11-15/h3-6,8,10-12H,7,9H2,1-2H3,(H,22,25)(H,23,24,26). The van der Waals surface area contributed by atoms with Crippen LogP contribution in [-0.4, -0.2) is 16.8 Å². The van der Waals surface area contributed by atoms with Crippen LogP contribution in [0, 0.1) is 11.7 Å². The molecule has 140 valence electrons. The van der Waals surface area contributed by atoms with Gasteiger partial charge in [-0.25, -0.2) is 9.37 Å². The summed E-state index contributed by atoms with van der Waals surface area (Å²) < 4.78 is 14.1. The van der Waals surface area contributed by atoms with E-state index in [0.717, 1.165) is 15.8 Å². The van der Waals surface area contributed by atoms with Gasteiger partial charge in [-0.1, -0.05) is 37.3 Å². The van der Waals surface area contributed by atoms with Crippen molar-refractivity contribution in [3.05, 3.63) is 53.8 Å². The van der Waals surface area contributed by atoms with Crippen LogP contribution in [0.25, 0.3) is 10.2 Å². The molecule has 1 heterocycles. The van der Waals surface area contributed by atoms with Gasteiger partial charge in [-0.05, 0) is 42.3 Å². The lowest BCUT2D eigenvalue weighted by Gasteiger charge is -2.05. The van der Waals surface area contributed by atoms with Crippen LogP contribution >= 0.6 is 11.3 Å². The number of fused-ring (bicyclic) bond motifs is 1. The third-order valence-electron chi connectivity index (χ3n) is 3.96. The zero-order valence-corrected chi connectivity index (χ0v) is 15.9. The molecular formula is C20H20FN3O2S. The molecule has 0 atom stereocenters. The topological polar surface area (TPSA) is 71.1 Å². The summed E-state index contributed by atoms with van der Waals surface area (Å²) in [5.74, 6) is -0.730. The van der Waals surface area contributed by atoms with Gasteiger partial charge in [0.2, 0.25) is 11.8 Å². The summed E-state index contributed by atoms with van der Waals surface area (Å²) in [7, 11) is 0. The number of amides is 2. The van der Waals surface area contributed by atoms with E-state index in [0.29, 0.717) is 17.2 Å². The Balaban J connectivity index is 1.61. The average Bonchev–Trinajstić information content (AvgIpc) is 3.01. The van der Waals surface area contributed by atoms with Crippen molar-refractivity contribution < 1.29 is 14.0 Å². The van der Waals surface area contributed by atoms with Gasteiger partial charge in [0.1, 0.15) is 5.82 Å². The fourth-order valence-electron chi connectivity index (χ4n) is 2.48. The normalized spacial score (nSPS) is 11.0. The largest absolute Gasteiger partial charge is 0.326 e. The van der Waals surface area contributed by atoms with Gasteiger partial charge in [-0.15, -0.1) is 0 Å². The van der Waals surface area contributed by atoms with E-state index in [4.69, 9.17) is 0 Å². The molecule has 2 N–H and O–H groups in total. The molecule has 27 heavy (non-hydrogen) atoms. The number of aryl methyl sites for hydroxylation is 1. The summed E-state index contributed by atoms with van der Waals surface area (Å²) in [6.45, 7) is 3.66. The predicted molar refractivity (Wildman–Crippen MR) is 106 cm³/mol. The number of carbonyl (C=O) groups excluding carboxylic acids is 2. The van der Waals surface area contributed by atoms with Crippen molar-refractivity contribution in [2.45, 2.75) is 26.7 Å². The summed E-state index contributed by atoms with van der Waals surface area (Å²) in [6, 6.07) is 11.6. The minimum Gasteiger partial charge on any atom is -0.326 e. The second-order valence-electron chi connectivity index (χ2n) is 6.52. The van der Waals surface area contributed by atoms with E-state index in [2.05, 4.69) is 15.6 Å². The number of aromatic nitrogens is 1. The molecule has 0 radical (unpaired) electrons. The molecule has 0 saturated carbocycles. The molecule has 1 aromatic heterocycles. The van der Waals surface area contributed by atoms with Gasteiger partial charge >= 0.3 is 0 Å². The number of rotatable bonds is 6. The Labute approximate surface area is 160 Å². The number of anilines is 2. The molecule has 7 heteroatoms. The SMILES string of the molecule is CC(C)C(=O)Nc1nc2ccc(CCC(=O)Nc3cccc(F)c3)cc2s1. The molecule has 5 nitrogen and oxygen atoms in total. The van der Waals surface area contributed by atoms with Crippen LogP contribution < -0.4 is 10.6 Å². The molecule has 0 aliphatic heterocycles. The van der Waals surface area contributed by atoms with Gasteiger partial charge in [-0.2, -0.15) is 0 Å². The van der Waals surface area contributed by atoms with Gasteiger partial charge in [0, 0.05) is 18.0 Å². The number of carbonyl (C=O) groups is 2. The van der Waals surface area contributed by atoms with Crippen LogP contribution in [-0.2, 0) is 16.0 Å². The number of hydrogen-bond acceptors (Lipinski definition) is 4. The number of hydrogen-bond donors (Lipinski definition) is 2. The van der Waals surface area contributed by atoms with Crippen molar-refractivity contribution in [2.24, 2.45) is 5.92 Å². The van der Waals surface area contributed by atoms with Gasteiger partial charge in [0.15, 0.2) is 5.13 Å². The maximum absolute atomic E-state index is 13.2. The number of halogens is 1. The summed E-state index contributed by atoms with van der Waals surface area (Å²) in [5.41, 5.74) is 2.26. The molecule has 3 aromatic rings. The van der Waals surface area contributed by atoms with Crippen LogP contribution in [0.5, 0.6) is 0 Å². The Bertz CT molecular complexity index is 984. The quantitative estimate of drug-likeness (QED) is 0.651. The highest BCUT2D eigenvalue weighted by Crippen LogP contribution is 2.27. The zero-order valence-electron chi connectivity index (χ0n) is 15.1. The highest BCUT2D eigenvalue weighted by atomic mass is 32.1. The number of benzene rings is 2. The molecule has 0 aliphatic carbocycles. The van der Waals surface area contributed by atoms with E-state index in [-0.39, 0.29) is 30.0 Å². The second-order valence-corrected chi connectivity index (χ2v) is 7.55. The van der Waals surface area contributed by atoms with Crippen LogP contribution in [0.2, 0.25) is 0 Å². The summed E-state index contributed by atoms with van der Waals surface area (Å²) in [4.78, 5) is 28.3. The van der Waals surface area contributed by atoms with Gasteiger partial charge in [0.25, 0.3) is 0 Å². The minimum absolute atomic E-state index is 0.0664. The predicted octanol–water partition coefficient (Wildman–Crippen LogP) is 4.60. The van der Waals surface area contributed by atoms with Gasteiger partial charge in [0.05, 0.1) is 10.2 Å². The van der Waals surface area contributed by atoms with Crippen molar-refractivity contribution in [2.75, 3.05) is 10.6 Å². The third kappa shape index (κ3) is 5.10. The van der Waals surface area contributed by atoms with E-state index < -0.39 is 0 Å². The Kier molecular flexibility index (Phi) is 5.81. The van der Waals surface area contributed by atoms with Crippen molar-refractivity contribution in [1.82, 2.24) is 4.98 Å². The molecule has 0 aliphatic rings. The maximum Gasteiger partial charge on any atom is 0.228 e. The van der Waals surface area contributed by atoms with Crippen molar-refractivity contribution in [1.29, 1.82) is 0 Å². The van der Waals surface area contributed by atoms with E-state index in [1.807, 2.05) is 32.0 Å². The first-order valence-corrected chi connectivity index (χ1v) is 9.48. The average molecular weight is 385 g/mol. The molecular weight excluding hydrogens is 365 g/mol. The minimum atomic E-state index is -0.385. The monoisotopic (exact) mass is 385 g/mol. The number of thiazole rings is 1. The van der Waals surface area contributed by atoms with Gasteiger partial charge in [-0.3, -0.25) is 9.59 Å². The second kappa shape index (κ2) is 8.26. The summed E-state index contributed by atoms with van der Waals surface area (Å²) in [5, 5.41) is 6.07. The van der Waals surface area contributed by atoms with E-state index in [1.165, 1.54) is 23.5 Å². The maximum atomic E-state index is 13.2. The first-order chi connectivity index (χ1) is 12.9. The highest BCUT2D eigenvalue weighted by molar-refractivity contribution is 7.22. The molecule has 2 amide bonds. The van der Waals surface area contributed by atoms with E-state index in [9.17, 15) is 14.0 Å². The molecule has 3 rings (SSSR count). The number of nitrogens with zero attached hydrogens (tertiary/aromatic N) is 1. The Hall–Kier alpha value is -2.80. The lowest BCUT2D eigenvalue weighted by molar-refractivity contribution is -0.119. The first-order valence-electron chi connectivity index (χ1n) is 8.66. The first kappa shape index (κ1) is 19.0. The fraction of sp³-hybridized carbons (Fsp3) is 0.250. The Morgan fingerprint density at radius 1 is 1.15 bits per heavy atom. The molecule has 0 fully saturated rings. The Morgan fingerprint density at radius 3 is 2.70 bits per heavy atom. The molecule has 0 saturated heterocycles. The van der Waals surface area contributed by atoms with E-state index >= 15 is 0 Å². The third-order valence-corrected chi connectivity index (χ3v) is 4.89. The molecule has 2 aromatic carbocycles. The summed E-state index contributed by atoms with van der Waals surface area (Å²) in [6.07, 6.45) is 0.848. The van der Waals surface area contributed by atoms with Crippen molar-refractivity contribution in [3.8, 4) is 0 Å². The lowest BCUT2D eigenvalue weighted by atomic mass is 10.1. The van der Waals surface area contributed by atoms with Crippen molar-refractivity contribution >= 4 is 44.2 Å². The Morgan fingerprint density at radius 2 is 1.96 bits per heavy atom. The zero-order chi connectivity index (χ0) is 19.4.